The zero-order chi connectivity index (χ0) is 69.6. The average molecular weight is 1360 g/mol. The van der Waals surface area contributed by atoms with Gasteiger partial charge in [0.2, 0.25) is 53.2 Å². The van der Waals surface area contributed by atoms with E-state index >= 15 is 0 Å². The number of benzene rings is 4. The zero-order valence-corrected chi connectivity index (χ0v) is 57.1. The fraction of sp³-hybridized carbons (Fsp3) is 0.548. The van der Waals surface area contributed by atoms with Gasteiger partial charge >= 0.3 is 0 Å². The summed E-state index contributed by atoms with van der Waals surface area (Å²) in [5.74, 6) is -4.05. The molecule has 0 bridgehead atoms. The maximum absolute atomic E-state index is 14.7. The van der Waals surface area contributed by atoms with Crippen LogP contribution in [-0.4, -0.2) is 204 Å². The Morgan fingerprint density at radius 3 is 1.42 bits per heavy atom. The van der Waals surface area contributed by atoms with Crippen LogP contribution in [0.1, 0.15) is 119 Å². The first-order valence-electron chi connectivity index (χ1n) is 34.9. The second kappa shape index (κ2) is 40.0. The van der Waals surface area contributed by atoms with Crippen LogP contribution in [-0.2, 0) is 68.6 Å². The first-order chi connectivity index (χ1) is 47.7. The number of hydrogen-bond donors (Lipinski definition) is 10. The van der Waals surface area contributed by atoms with Crippen molar-refractivity contribution in [2.75, 3.05) is 93.1 Å². The molecule has 4 saturated heterocycles. The lowest BCUT2D eigenvalue weighted by molar-refractivity contribution is -0.144. The summed E-state index contributed by atoms with van der Waals surface area (Å²) in [7, 11) is 3.39. The number of hydrogen-bond acceptors (Lipinski definition) is 16. The van der Waals surface area contributed by atoms with Crippen LogP contribution >= 0.6 is 0 Å². The molecule has 4 aromatic carbocycles. The van der Waals surface area contributed by atoms with Crippen LogP contribution in [0.3, 0.4) is 0 Å². The van der Waals surface area contributed by atoms with Gasteiger partial charge in [-0.3, -0.25) is 43.2 Å². The van der Waals surface area contributed by atoms with Crippen LogP contribution < -0.4 is 53.2 Å². The standard InChI is InChI=1S/C73H102N12O13/c1-5-57(74-3)67(88)82-65-53(35-36-76-45-49-19-11-7-12-20-49)27-29-55-31-34-60(84(55)72(65)93)70(91)81-64(52-25-17-10-18-26-52)71(92)78-38-40-96-42-44-97-43-41-95-39-37-77-61(86)47-98-48-62(87)79-46-54-28-30-56-32-33-59(85(56)73(94)66(54)83-68(89)58(6-2)75-4)69(90)80-63(50-21-13-8-14-22-50)51-23-15-9-16-24-51/h7-26,53-60,63-66,74-76H,5-6,27-48H2,1-4H3,(H,77,86)(H,78,92)(H,79,87)(H,80,90)(H,81,91)(H,82,88)(H,83,89)/t53-,54-,55+,56+,57+,58+,59+,60+,64+,65?,66+/m1/s1. The van der Waals surface area contributed by atoms with Gasteiger partial charge in [-0.15, -0.1) is 0 Å². The lowest BCUT2D eigenvalue weighted by Gasteiger charge is -2.33. The largest absolute Gasteiger partial charge is 0.377 e. The fourth-order valence-electron chi connectivity index (χ4n) is 13.7. The SMILES string of the molecule is CC[C@H](NC)C(=O)NC1C(=O)N2[C@@H](CC[C@@H]1CCNCc1ccccc1)CC[C@H]2C(=O)N[C@H](C(=O)NCCOCCOCCOCCNC(=O)COCC(=O)NC[C@H]1CC[C@H]2CC[C@@H](C(=O)NC(c3ccccc3)c3ccccc3)N2C(=O)[C@H]1NC(=O)[C@H](CC)NC)c1ccccc1. The molecule has 532 valence electrons. The van der Waals surface area contributed by atoms with E-state index in [-0.39, 0.29) is 113 Å². The molecule has 98 heavy (non-hydrogen) atoms. The maximum Gasteiger partial charge on any atom is 0.247 e. The minimum atomic E-state index is -1.05. The van der Waals surface area contributed by atoms with Gasteiger partial charge in [0.15, 0.2) is 0 Å². The summed E-state index contributed by atoms with van der Waals surface area (Å²) in [6.45, 7) is 6.00. The zero-order valence-electron chi connectivity index (χ0n) is 57.1. The summed E-state index contributed by atoms with van der Waals surface area (Å²) in [4.78, 5) is 128. The van der Waals surface area contributed by atoms with E-state index in [1.54, 1.807) is 48.2 Å². The third-order valence-corrected chi connectivity index (χ3v) is 19.1. The van der Waals surface area contributed by atoms with E-state index in [0.717, 1.165) is 16.7 Å². The molecule has 25 heteroatoms. The summed E-state index contributed by atoms with van der Waals surface area (Å²) >= 11 is 0. The monoisotopic (exact) mass is 1350 g/mol. The number of carbonyl (C=O) groups is 9. The van der Waals surface area contributed by atoms with E-state index < -0.39 is 84.5 Å². The Kier molecular flexibility index (Phi) is 30.9. The molecule has 1 unspecified atom stereocenters. The van der Waals surface area contributed by atoms with Crippen LogP contribution in [0.2, 0.25) is 0 Å². The first-order valence-corrected chi connectivity index (χ1v) is 34.9. The molecule has 10 N–H and O–H groups in total. The van der Waals surface area contributed by atoms with Crippen LogP contribution in [0.15, 0.2) is 121 Å². The molecule has 25 nitrogen and oxygen atoms in total. The molecular weight excluding hydrogens is 1250 g/mol. The van der Waals surface area contributed by atoms with Crippen molar-refractivity contribution >= 4 is 53.2 Å². The molecule has 0 spiro atoms. The van der Waals surface area contributed by atoms with E-state index in [0.29, 0.717) is 89.3 Å². The maximum atomic E-state index is 14.7. The summed E-state index contributed by atoms with van der Waals surface area (Å²) in [5, 5.41) is 30.2. The minimum Gasteiger partial charge on any atom is -0.377 e. The van der Waals surface area contributed by atoms with Crippen molar-refractivity contribution in [1.82, 2.24) is 63.0 Å². The van der Waals surface area contributed by atoms with Crippen LogP contribution in [0, 0.1) is 11.8 Å². The van der Waals surface area contributed by atoms with Crippen molar-refractivity contribution in [3.63, 3.8) is 0 Å². The second-order valence-corrected chi connectivity index (χ2v) is 25.5. The van der Waals surface area contributed by atoms with Gasteiger partial charge in [-0.05, 0) is 119 Å². The van der Waals surface area contributed by atoms with Crippen molar-refractivity contribution in [3.8, 4) is 0 Å². The van der Waals surface area contributed by atoms with E-state index in [4.69, 9.17) is 18.9 Å². The van der Waals surface area contributed by atoms with Crippen LogP contribution in [0.25, 0.3) is 0 Å². The number of ether oxygens (including phenoxy) is 4. The van der Waals surface area contributed by atoms with Gasteiger partial charge in [0.25, 0.3) is 0 Å². The number of nitrogens with zero attached hydrogens (tertiary/aromatic N) is 2. The summed E-state index contributed by atoms with van der Waals surface area (Å²) in [6.07, 6.45) is 6.23. The molecule has 0 aromatic heterocycles. The Hall–Kier alpha value is -8.17. The third-order valence-electron chi connectivity index (χ3n) is 19.1. The highest BCUT2D eigenvalue weighted by Crippen LogP contribution is 2.37. The highest BCUT2D eigenvalue weighted by Gasteiger charge is 2.50. The van der Waals surface area contributed by atoms with Gasteiger partial charge in [-0.25, -0.2) is 0 Å². The molecule has 0 aliphatic carbocycles. The molecule has 0 radical (unpaired) electrons. The predicted octanol–water partition coefficient (Wildman–Crippen LogP) is 2.85. The van der Waals surface area contributed by atoms with Gasteiger partial charge in [-0.1, -0.05) is 135 Å². The number of carbonyl (C=O) groups excluding carboxylic acids is 9. The summed E-state index contributed by atoms with van der Waals surface area (Å²) < 4.78 is 22.4. The molecule has 8 rings (SSSR count). The number of likely N-dealkylation sites (N-methyl/N-ethyl adjacent to an activating group) is 2. The van der Waals surface area contributed by atoms with Crippen molar-refractivity contribution in [2.45, 2.75) is 151 Å². The van der Waals surface area contributed by atoms with E-state index in [9.17, 15) is 43.2 Å². The number of fused-ring (bicyclic) bond motifs is 2. The van der Waals surface area contributed by atoms with Gasteiger partial charge in [-0.2, -0.15) is 0 Å². The van der Waals surface area contributed by atoms with E-state index in [2.05, 4.69) is 65.3 Å². The Balaban J connectivity index is 0.700. The molecule has 0 saturated carbocycles. The van der Waals surface area contributed by atoms with Crippen molar-refractivity contribution in [3.05, 3.63) is 144 Å². The molecule has 4 heterocycles. The van der Waals surface area contributed by atoms with Crippen molar-refractivity contribution in [2.24, 2.45) is 11.8 Å². The normalized spacial score (nSPS) is 21.5. The molecule has 9 amide bonds. The van der Waals surface area contributed by atoms with Gasteiger partial charge in [0, 0.05) is 44.2 Å². The van der Waals surface area contributed by atoms with E-state index in [1.165, 1.54) is 0 Å². The molecule has 4 aliphatic heterocycles. The minimum absolute atomic E-state index is 0.0460. The van der Waals surface area contributed by atoms with Crippen LogP contribution in [0.5, 0.6) is 0 Å². The molecule has 4 aromatic rings. The quantitative estimate of drug-likeness (QED) is 0.0287. The first kappa shape index (κ1) is 75.6. The Labute approximate surface area is 575 Å². The Morgan fingerprint density at radius 2 is 0.908 bits per heavy atom. The molecule has 11 atom stereocenters. The van der Waals surface area contributed by atoms with Crippen molar-refractivity contribution < 1.29 is 62.1 Å². The van der Waals surface area contributed by atoms with Crippen molar-refractivity contribution in [1.29, 1.82) is 0 Å². The topological polar surface area (TPSA) is 317 Å². The van der Waals surface area contributed by atoms with Crippen LogP contribution in [0.4, 0.5) is 0 Å². The second-order valence-electron chi connectivity index (χ2n) is 25.5. The van der Waals surface area contributed by atoms with Gasteiger partial charge < -0.3 is 81.9 Å². The predicted molar refractivity (Wildman–Crippen MR) is 368 cm³/mol. The fourth-order valence-corrected chi connectivity index (χ4v) is 13.7. The lowest BCUT2D eigenvalue weighted by atomic mass is 9.90. The number of rotatable bonds is 39. The smallest absolute Gasteiger partial charge is 0.247 e. The van der Waals surface area contributed by atoms with Gasteiger partial charge in [0.05, 0.1) is 57.8 Å². The lowest BCUT2D eigenvalue weighted by Crippen LogP contribution is -2.59. The average Bonchev–Trinajstić information content (AvgIpc) is 1.63. The molecular formula is C73H102N12O13. The third kappa shape index (κ3) is 21.9. The Bertz CT molecular complexity index is 3130. The van der Waals surface area contributed by atoms with E-state index in [1.807, 2.05) is 98.8 Å². The van der Waals surface area contributed by atoms with Gasteiger partial charge in [0.1, 0.15) is 43.4 Å². The molecule has 4 fully saturated rings. The Morgan fingerprint density at radius 1 is 0.469 bits per heavy atom. The molecule has 4 aliphatic rings. The summed E-state index contributed by atoms with van der Waals surface area (Å²) in [5.41, 5.74) is 3.52. The summed E-state index contributed by atoms with van der Waals surface area (Å²) in [6, 6.07) is 31.9. The number of nitrogens with one attached hydrogen (secondary N) is 10. The number of amides is 9. The highest BCUT2D eigenvalue weighted by molar-refractivity contribution is 5.97. The highest BCUT2D eigenvalue weighted by atomic mass is 16.5.